The van der Waals surface area contributed by atoms with E-state index < -0.39 is 12.1 Å². The first-order valence-electron chi connectivity index (χ1n) is 8.28. The minimum atomic E-state index is -1.23. The molecule has 1 aliphatic carbocycles. The maximum atomic E-state index is 12.5. The molecule has 0 aromatic heterocycles. The number of ether oxygens (including phenoxy) is 1. The predicted molar refractivity (Wildman–Crippen MR) is 90.4 cm³/mol. The lowest BCUT2D eigenvalue weighted by Crippen LogP contribution is -2.39. The Morgan fingerprint density at radius 1 is 1.42 bits per heavy atom. The lowest BCUT2D eigenvalue weighted by molar-refractivity contribution is -0.313. The van der Waals surface area contributed by atoms with Crippen LogP contribution in [0.5, 0.6) is 5.75 Å². The van der Waals surface area contributed by atoms with Crippen LogP contribution >= 0.6 is 0 Å². The van der Waals surface area contributed by atoms with E-state index in [-0.39, 0.29) is 11.7 Å². The number of carboxylic acid groups (broad SMARTS) is 1. The molecule has 0 heterocycles. The number of para-hydroxylation sites is 1. The number of allylic oxidation sites excluding steroid dienone is 1. The summed E-state index contributed by atoms with van der Waals surface area (Å²) in [7, 11) is 3.92. The third kappa shape index (κ3) is 4.45. The van der Waals surface area contributed by atoms with Crippen molar-refractivity contribution in [3.63, 3.8) is 0 Å². The number of hydrogen-bond donors (Lipinski definition) is 0. The molecule has 0 N–H and O–H groups in total. The van der Waals surface area contributed by atoms with Gasteiger partial charge < -0.3 is 19.5 Å². The van der Waals surface area contributed by atoms with Crippen LogP contribution in [0.1, 0.15) is 31.7 Å². The van der Waals surface area contributed by atoms with Gasteiger partial charge in [0.1, 0.15) is 11.9 Å². The van der Waals surface area contributed by atoms with Crippen LogP contribution < -0.4 is 9.84 Å². The zero-order valence-corrected chi connectivity index (χ0v) is 14.5. The normalized spacial score (nSPS) is 20.6. The van der Waals surface area contributed by atoms with E-state index in [9.17, 15) is 14.7 Å². The number of nitrogens with zero attached hydrogens (tertiary/aromatic N) is 1. The van der Waals surface area contributed by atoms with Crippen molar-refractivity contribution in [2.75, 3.05) is 20.6 Å². The summed E-state index contributed by atoms with van der Waals surface area (Å²) in [4.78, 5) is 25.6. The second kappa shape index (κ2) is 8.11. The second-order valence-corrected chi connectivity index (χ2v) is 6.40. The number of carboxylic acids is 1. The van der Waals surface area contributed by atoms with Crippen molar-refractivity contribution in [2.45, 2.75) is 32.3 Å². The number of Topliss-reactive ketones (excluding diaryl/α,β-unsaturated/α-hetero) is 1. The van der Waals surface area contributed by atoms with E-state index in [2.05, 4.69) is 0 Å². The molecule has 1 aromatic rings. The molecule has 0 spiro atoms. The lowest BCUT2D eigenvalue weighted by Gasteiger charge is -2.19. The van der Waals surface area contributed by atoms with Gasteiger partial charge in [0, 0.05) is 18.0 Å². The largest absolute Gasteiger partial charge is 0.546 e. The van der Waals surface area contributed by atoms with Gasteiger partial charge in [0.05, 0.1) is 5.97 Å². The van der Waals surface area contributed by atoms with Crippen molar-refractivity contribution in [1.82, 2.24) is 4.90 Å². The Balaban J connectivity index is 2.21. The van der Waals surface area contributed by atoms with Crippen molar-refractivity contribution in [1.29, 1.82) is 0 Å². The molecule has 1 aromatic carbocycles. The van der Waals surface area contributed by atoms with Gasteiger partial charge in [0.25, 0.3) is 0 Å². The van der Waals surface area contributed by atoms with Gasteiger partial charge in [0.15, 0.2) is 5.78 Å². The van der Waals surface area contributed by atoms with Gasteiger partial charge in [-0.15, -0.1) is 0 Å². The monoisotopic (exact) mass is 330 g/mol. The minimum Gasteiger partial charge on any atom is -0.546 e. The molecule has 0 aliphatic heterocycles. The van der Waals surface area contributed by atoms with Crippen LogP contribution in [0.4, 0.5) is 0 Å². The smallest absolute Gasteiger partial charge is 0.163 e. The van der Waals surface area contributed by atoms with E-state index in [1.807, 2.05) is 37.2 Å². The lowest BCUT2D eigenvalue weighted by atomic mass is 10.0. The van der Waals surface area contributed by atoms with Crippen molar-refractivity contribution < 1.29 is 19.4 Å². The molecule has 5 nitrogen and oxygen atoms in total. The molecular formula is C19H24NO4-. The summed E-state index contributed by atoms with van der Waals surface area (Å²) in [6, 6.07) is 7.17. The number of benzene rings is 1. The van der Waals surface area contributed by atoms with Gasteiger partial charge in [-0.05, 0) is 51.1 Å². The summed E-state index contributed by atoms with van der Waals surface area (Å²) in [6.45, 7) is 2.48. The Kier molecular flexibility index (Phi) is 6.15. The van der Waals surface area contributed by atoms with Crippen molar-refractivity contribution in [3.05, 3.63) is 35.4 Å². The maximum Gasteiger partial charge on any atom is 0.163 e. The van der Waals surface area contributed by atoms with Gasteiger partial charge in [0.2, 0.25) is 0 Å². The first-order valence-corrected chi connectivity index (χ1v) is 8.28. The van der Waals surface area contributed by atoms with Gasteiger partial charge >= 0.3 is 0 Å². The average molecular weight is 330 g/mol. The Morgan fingerprint density at radius 2 is 2.12 bits per heavy atom. The molecule has 2 atom stereocenters. The summed E-state index contributed by atoms with van der Waals surface area (Å²) in [5.74, 6) is -0.566. The quantitative estimate of drug-likeness (QED) is 0.709. The zero-order chi connectivity index (χ0) is 17.7. The third-order valence-corrected chi connectivity index (χ3v) is 4.19. The van der Waals surface area contributed by atoms with E-state index in [1.54, 1.807) is 19.1 Å². The summed E-state index contributed by atoms with van der Waals surface area (Å²) in [5.41, 5.74) is 1.51. The van der Waals surface area contributed by atoms with Crippen LogP contribution in [0, 0.1) is 5.92 Å². The molecule has 2 rings (SSSR count). The predicted octanol–water partition coefficient (Wildman–Crippen LogP) is 1.52. The number of carbonyl (C=O) groups excluding carboxylic acids is 2. The molecule has 0 bridgehead atoms. The molecule has 0 radical (unpaired) electrons. The van der Waals surface area contributed by atoms with E-state index in [4.69, 9.17) is 4.74 Å². The van der Waals surface area contributed by atoms with Gasteiger partial charge in [-0.1, -0.05) is 25.1 Å². The fourth-order valence-corrected chi connectivity index (χ4v) is 2.95. The molecule has 2 unspecified atom stereocenters. The summed E-state index contributed by atoms with van der Waals surface area (Å²) in [5, 5.41) is 11.1. The van der Waals surface area contributed by atoms with Gasteiger partial charge in [-0.3, -0.25) is 4.79 Å². The minimum absolute atomic E-state index is 0.0333. The molecule has 5 heteroatoms. The molecule has 0 saturated heterocycles. The highest BCUT2D eigenvalue weighted by Crippen LogP contribution is 2.31. The topological polar surface area (TPSA) is 69.7 Å². The van der Waals surface area contributed by atoms with Crippen LogP contribution in [-0.2, 0) is 9.59 Å². The molecule has 24 heavy (non-hydrogen) atoms. The van der Waals surface area contributed by atoms with Crippen LogP contribution in [0.15, 0.2) is 29.8 Å². The van der Waals surface area contributed by atoms with Gasteiger partial charge in [-0.2, -0.15) is 0 Å². The van der Waals surface area contributed by atoms with Crippen LogP contribution in [0.25, 0.3) is 6.08 Å². The first kappa shape index (κ1) is 18.2. The van der Waals surface area contributed by atoms with Crippen molar-refractivity contribution in [2.24, 2.45) is 5.92 Å². The molecule has 0 amide bonds. The third-order valence-electron chi connectivity index (χ3n) is 4.19. The highest BCUT2D eigenvalue weighted by atomic mass is 16.5. The van der Waals surface area contributed by atoms with Crippen LogP contribution in [0.2, 0.25) is 0 Å². The van der Waals surface area contributed by atoms with Crippen LogP contribution in [-0.4, -0.2) is 43.4 Å². The highest BCUT2D eigenvalue weighted by Gasteiger charge is 2.29. The van der Waals surface area contributed by atoms with Gasteiger partial charge in [-0.25, -0.2) is 0 Å². The second-order valence-electron chi connectivity index (χ2n) is 6.40. The molecule has 130 valence electrons. The SMILES string of the molecule is CCC(Oc1ccccc1C=C1CCC(CN(C)C)C1=O)C(=O)[O-]. The number of ketones is 1. The molecule has 1 saturated carbocycles. The first-order chi connectivity index (χ1) is 11.4. The molecular weight excluding hydrogens is 306 g/mol. The van der Waals surface area contributed by atoms with Crippen molar-refractivity contribution >= 4 is 17.8 Å². The Labute approximate surface area is 142 Å². The average Bonchev–Trinajstić information content (AvgIpc) is 2.86. The summed E-state index contributed by atoms with van der Waals surface area (Å²) < 4.78 is 5.57. The van der Waals surface area contributed by atoms with Crippen LogP contribution in [0.3, 0.4) is 0 Å². The Morgan fingerprint density at radius 3 is 2.75 bits per heavy atom. The number of aliphatic carboxylic acids is 1. The van der Waals surface area contributed by atoms with E-state index in [1.165, 1.54) is 0 Å². The maximum absolute atomic E-state index is 12.5. The van der Waals surface area contributed by atoms with Crippen molar-refractivity contribution in [3.8, 4) is 5.75 Å². The molecule has 1 fully saturated rings. The fourth-order valence-electron chi connectivity index (χ4n) is 2.95. The zero-order valence-electron chi connectivity index (χ0n) is 14.5. The summed E-state index contributed by atoms with van der Waals surface area (Å²) in [6.07, 6.45) is 2.74. The Bertz CT molecular complexity index is 636. The van der Waals surface area contributed by atoms with E-state index >= 15 is 0 Å². The number of hydrogen-bond acceptors (Lipinski definition) is 5. The van der Waals surface area contributed by atoms with E-state index in [0.717, 1.165) is 30.5 Å². The fraction of sp³-hybridized carbons (Fsp3) is 0.474. The standard InChI is InChI=1S/C19H25NO4/c1-4-16(19(22)23)24-17-8-6-5-7-13(17)11-14-9-10-15(18(14)21)12-20(2)3/h5-8,11,15-16H,4,9-10,12H2,1-3H3,(H,22,23)/p-1. The number of rotatable bonds is 7. The summed E-state index contributed by atoms with van der Waals surface area (Å²) >= 11 is 0. The Hall–Kier alpha value is -2.14. The highest BCUT2D eigenvalue weighted by molar-refractivity contribution is 6.03. The van der Waals surface area contributed by atoms with E-state index in [0.29, 0.717) is 12.2 Å². The molecule has 1 aliphatic rings. The number of carbonyl (C=O) groups is 2.